The van der Waals surface area contributed by atoms with E-state index in [4.69, 9.17) is 9.47 Å². The van der Waals surface area contributed by atoms with Crippen LogP contribution in [-0.2, 0) is 0 Å². The summed E-state index contributed by atoms with van der Waals surface area (Å²) >= 11 is 1.49. The number of H-pyrrole nitrogens is 1. The maximum atomic E-state index is 12.1. The van der Waals surface area contributed by atoms with Crippen molar-refractivity contribution in [1.29, 1.82) is 0 Å². The van der Waals surface area contributed by atoms with Crippen molar-refractivity contribution < 1.29 is 14.3 Å². The molecule has 0 aliphatic rings. The largest absolute Gasteiger partial charge is 0.497 e. The Kier molecular flexibility index (Phi) is 5.44. The third kappa shape index (κ3) is 4.38. The van der Waals surface area contributed by atoms with Crippen LogP contribution in [0.1, 0.15) is 10.4 Å². The van der Waals surface area contributed by atoms with E-state index in [0.29, 0.717) is 29.4 Å². The zero-order valence-corrected chi connectivity index (χ0v) is 12.6. The fourth-order valence-corrected chi connectivity index (χ4v) is 2.25. The summed E-state index contributed by atoms with van der Waals surface area (Å²) in [6, 6.07) is 5.05. The first-order chi connectivity index (χ1) is 10.2. The van der Waals surface area contributed by atoms with Crippen molar-refractivity contribution in [2.45, 2.75) is 5.16 Å². The van der Waals surface area contributed by atoms with E-state index in [1.165, 1.54) is 18.1 Å². The van der Waals surface area contributed by atoms with Gasteiger partial charge in [-0.3, -0.25) is 9.89 Å². The van der Waals surface area contributed by atoms with E-state index in [1.807, 2.05) is 0 Å². The Hall–Kier alpha value is -2.22. The number of methoxy groups -OCH3 is 2. The Morgan fingerprint density at radius 3 is 2.57 bits per heavy atom. The Morgan fingerprint density at radius 1 is 1.29 bits per heavy atom. The number of nitrogens with one attached hydrogen (secondary N) is 2. The van der Waals surface area contributed by atoms with Crippen molar-refractivity contribution in [3.05, 3.63) is 30.1 Å². The van der Waals surface area contributed by atoms with Crippen molar-refractivity contribution in [3.63, 3.8) is 0 Å². The van der Waals surface area contributed by atoms with Crippen molar-refractivity contribution >= 4 is 17.7 Å². The molecule has 2 N–H and O–H groups in total. The van der Waals surface area contributed by atoms with Crippen LogP contribution < -0.4 is 14.8 Å². The maximum Gasteiger partial charge on any atom is 0.251 e. The quantitative estimate of drug-likeness (QED) is 0.593. The van der Waals surface area contributed by atoms with Crippen LogP contribution >= 0.6 is 11.8 Å². The van der Waals surface area contributed by atoms with Crippen molar-refractivity contribution in [3.8, 4) is 11.5 Å². The molecule has 1 aromatic carbocycles. The van der Waals surface area contributed by atoms with E-state index in [-0.39, 0.29) is 5.91 Å². The number of hydrogen-bond donors (Lipinski definition) is 2. The number of hydrogen-bond acceptors (Lipinski definition) is 6. The van der Waals surface area contributed by atoms with Gasteiger partial charge in [-0.25, -0.2) is 4.98 Å². The Labute approximate surface area is 126 Å². The number of carbonyl (C=O) groups is 1. The van der Waals surface area contributed by atoms with Crippen LogP contribution in [-0.4, -0.2) is 47.6 Å². The Morgan fingerprint density at radius 2 is 2.00 bits per heavy atom. The second-order valence-corrected chi connectivity index (χ2v) is 5.08. The number of nitrogens with zero attached hydrogens (tertiary/aromatic N) is 2. The van der Waals surface area contributed by atoms with Gasteiger partial charge in [0.15, 0.2) is 5.16 Å². The molecule has 2 aromatic rings. The molecule has 0 fully saturated rings. The van der Waals surface area contributed by atoms with Gasteiger partial charge in [0, 0.05) is 23.9 Å². The van der Waals surface area contributed by atoms with Gasteiger partial charge in [-0.05, 0) is 12.1 Å². The summed E-state index contributed by atoms with van der Waals surface area (Å²) in [5.41, 5.74) is 0.496. The van der Waals surface area contributed by atoms with Crippen LogP contribution in [0.5, 0.6) is 11.5 Å². The van der Waals surface area contributed by atoms with Gasteiger partial charge >= 0.3 is 0 Å². The van der Waals surface area contributed by atoms with Gasteiger partial charge in [-0.2, -0.15) is 5.10 Å². The zero-order valence-electron chi connectivity index (χ0n) is 11.8. The van der Waals surface area contributed by atoms with E-state index < -0.39 is 0 Å². The van der Waals surface area contributed by atoms with Gasteiger partial charge in [0.05, 0.1) is 14.2 Å². The number of aromatic nitrogens is 3. The first-order valence-electron chi connectivity index (χ1n) is 6.22. The monoisotopic (exact) mass is 308 g/mol. The summed E-state index contributed by atoms with van der Waals surface area (Å²) in [5, 5.41) is 10.1. The Balaban J connectivity index is 1.87. The van der Waals surface area contributed by atoms with Crippen LogP contribution in [0.3, 0.4) is 0 Å². The highest BCUT2D eigenvalue weighted by molar-refractivity contribution is 7.99. The van der Waals surface area contributed by atoms with E-state index >= 15 is 0 Å². The molecule has 1 heterocycles. The molecule has 0 bridgehead atoms. The molecule has 0 unspecified atom stereocenters. The molecule has 0 radical (unpaired) electrons. The summed E-state index contributed by atoms with van der Waals surface area (Å²) in [6.45, 7) is 0.518. The summed E-state index contributed by atoms with van der Waals surface area (Å²) in [7, 11) is 3.09. The second-order valence-electron chi connectivity index (χ2n) is 4.00. The van der Waals surface area contributed by atoms with Crippen LogP contribution in [0, 0.1) is 0 Å². The highest BCUT2D eigenvalue weighted by atomic mass is 32.2. The normalized spacial score (nSPS) is 10.2. The molecular formula is C13H16N4O3S. The lowest BCUT2D eigenvalue weighted by Crippen LogP contribution is -2.25. The summed E-state index contributed by atoms with van der Waals surface area (Å²) in [5.74, 6) is 1.68. The number of thioether (sulfide) groups is 1. The lowest BCUT2D eigenvalue weighted by Gasteiger charge is -2.09. The first kappa shape index (κ1) is 15.2. The molecular weight excluding hydrogens is 292 g/mol. The lowest BCUT2D eigenvalue weighted by atomic mass is 10.2. The fourth-order valence-electron chi connectivity index (χ4n) is 1.62. The molecule has 0 saturated heterocycles. The van der Waals surface area contributed by atoms with Gasteiger partial charge in [0.25, 0.3) is 5.91 Å². The highest BCUT2D eigenvalue weighted by Crippen LogP contribution is 2.22. The number of amides is 1. The third-order valence-corrected chi connectivity index (χ3v) is 3.51. The number of carbonyl (C=O) groups excluding carboxylic acids is 1. The molecule has 112 valence electrons. The van der Waals surface area contributed by atoms with Crippen molar-refractivity contribution in [2.24, 2.45) is 0 Å². The SMILES string of the molecule is COc1cc(OC)cc(C(=O)NCCSc2ncn[nH]2)c1. The smallest absolute Gasteiger partial charge is 0.251 e. The molecule has 7 nitrogen and oxygen atoms in total. The van der Waals surface area contributed by atoms with Gasteiger partial charge in [-0.1, -0.05) is 11.8 Å². The van der Waals surface area contributed by atoms with Crippen molar-refractivity contribution in [1.82, 2.24) is 20.5 Å². The van der Waals surface area contributed by atoms with Crippen LogP contribution in [0.15, 0.2) is 29.7 Å². The van der Waals surface area contributed by atoms with Gasteiger partial charge in [0.2, 0.25) is 0 Å². The number of rotatable bonds is 7. The minimum Gasteiger partial charge on any atom is -0.497 e. The van der Waals surface area contributed by atoms with Crippen LogP contribution in [0.25, 0.3) is 0 Å². The number of aromatic amines is 1. The third-order valence-electron chi connectivity index (χ3n) is 2.63. The predicted octanol–water partition coefficient (Wildman–Crippen LogP) is 1.34. The number of ether oxygens (including phenoxy) is 2. The minimum absolute atomic E-state index is 0.176. The first-order valence-corrected chi connectivity index (χ1v) is 7.21. The molecule has 0 atom stereocenters. The molecule has 0 aliphatic carbocycles. The van der Waals surface area contributed by atoms with Gasteiger partial charge < -0.3 is 14.8 Å². The molecule has 0 saturated carbocycles. The van der Waals surface area contributed by atoms with E-state index in [2.05, 4.69) is 20.5 Å². The molecule has 8 heteroatoms. The Bertz CT molecular complexity index is 567. The van der Waals surface area contributed by atoms with Gasteiger partial charge in [0.1, 0.15) is 17.8 Å². The van der Waals surface area contributed by atoms with E-state index in [9.17, 15) is 4.79 Å². The van der Waals surface area contributed by atoms with Crippen molar-refractivity contribution in [2.75, 3.05) is 26.5 Å². The summed E-state index contributed by atoms with van der Waals surface area (Å²) in [4.78, 5) is 16.1. The average molecular weight is 308 g/mol. The maximum absolute atomic E-state index is 12.1. The zero-order chi connectivity index (χ0) is 15.1. The summed E-state index contributed by atoms with van der Waals surface area (Å²) < 4.78 is 10.3. The summed E-state index contributed by atoms with van der Waals surface area (Å²) in [6.07, 6.45) is 1.45. The van der Waals surface area contributed by atoms with Crippen LogP contribution in [0.4, 0.5) is 0 Å². The lowest BCUT2D eigenvalue weighted by molar-refractivity contribution is 0.0955. The molecule has 1 aromatic heterocycles. The molecule has 0 spiro atoms. The van der Waals surface area contributed by atoms with E-state index in [0.717, 1.165) is 5.16 Å². The molecule has 1 amide bonds. The molecule has 21 heavy (non-hydrogen) atoms. The predicted molar refractivity (Wildman–Crippen MR) is 79.0 cm³/mol. The number of benzene rings is 1. The topological polar surface area (TPSA) is 89.1 Å². The van der Waals surface area contributed by atoms with Crippen LogP contribution in [0.2, 0.25) is 0 Å². The second kappa shape index (κ2) is 7.53. The van der Waals surface area contributed by atoms with E-state index in [1.54, 1.807) is 32.4 Å². The molecule has 2 rings (SSSR count). The fraction of sp³-hybridized carbons (Fsp3) is 0.308. The average Bonchev–Trinajstić information content (AvgIpc) is 3.04. The minimum atomic E-state index is -0.176. The standard InChI is InChI=1S/C13H16N4O3S/c1-19-10-5-9(6-11(7-10)20-2)12(18)14-3-4-21-13-15-8-16-17-13/h5-8H,3-4H2,1-2H3,(H,14,18)(H,15,16,17). The van der Waals surface area contributed by atoms with Gasteiger partial charge in [-0.15, -0.1) is 0 Å². The molecule has 0 aliphatic heterocycles. The highest BCUT2D eigenvalue weighted by Gasteiger charge is 2.09.